The van der Waals surface area contributed by atoms with Gasteiger partial charge in [-0.1, -0.05) is 0 Å². The van der Waals surface area contributed by atoms with Gasteiger partial charge in [0.1, 0.15) is 0 Å². The van der Waals surface area contributed by atoms with Crippen molar-refractivity contribution in [1.29, 1.82) is 0 Å². The van der Waals surface area contributed by atoms with Crippen molar-refractivity contribution < 1.29 is 9.47 Å². The summed E-state index contributed by atoms with van der Waals surface area (Å²) in [4.78, 5) is 2.17. The van der Waals surface area contributed by atoms with Gasteiger partial charge >= 0.3 is 0 Å². The van der Waals surface area contributed by atoms with Crippen LogP contribution in [0.2, 0.25) is 0 Å². The zero-order valence-corrected chi connectivity index (χ0v) is 6.25. The average Bonchev–Trinajstić information content (AvgIpc) is 2.03. The van der Waals surface area contributed by atoms with Crippen LogP contribution in [-0.4, -0.2) is 38.3 Å². The Kier molecular flexibility index (Phi) is 3.09. The van der Waals surface area contributed by atoms with E-state index in [4.69, 9.17) is 9.47 Å². The minimum absolute atomic E-state index is 0.827. The Morgan fingerprint density at radius 3 is 2.70 bits per heavy atom. The maximum absolute atomic E-state index is 5.16. The second-order valence-corrected chi connectivity index (χ2v) is 2.17. The van der Waals surface area contributed by atoms with Crippen LogP contribution in [0.4, 0.5) is 0 Å². The normalized spacial score (nSPS) is 19.9. The number of nitrogens with zero attached hydrogens (tertiary/aromatic N) is 1. The molecular formula is C7H13NO2. The number of ether oxygens (including phenoxy) is 2. The van der Waals surface area contributed by atoms with Gasteiger partial charge in [-0.2, -0.15) is 0 Å². The van der Waals surface area contributed by atoms with E-state index in [1.54, 1.807) is 13.4 Å². The SMILES string of the molecule is CO/C=C/N1CCOCC1. The molecule has 3 nitrogen and oxygen atoms in total. The van der Waals surface area contributed by atoms with Crippen LogP contribution >= 0.6 is 0 Å². The van der Waals surface area contributed by atoms with Crippen LogP contribution in [0.1, 0.15) is 0 Å². The van der Waals surface area contributed by atoms with Crippen molar-refractivity contribution in [3.05, 3.63) is 12.5 Å². The summed E-state index contributed by atoms with van der Waals surface area (Å²) in [5, 5.41) is 0. The summed E-state index contributed by atoms with van der Waals surface area (Å²) in [6.45, 7) is 3.60. The van der Waals surface area contributed by atoms with Crippen LogP contribution in [0.5, 0.6) is 0 Å². The van der Waals surface area contributed by atoms with Gasteiger partial charge in [-0.15, -0.1) is 0 Å². The van der Waals surface area contributed by atoms with Crippen molar-refractivity contribution in [3.8, 4) is 0 Å². The summed E-state index contributed by atoms with van der Waals surface area (Å²) in [5.74, 6) is 0. The molecule has 1 fully saturated rings. The molecule has 0 atom stereocenters. The van der Waals surface area contributed by atoms with Crippen LogP contribution in [-0.2, 0) is 9.47 Å². The van der Waals surface area contributed by atoms with Gasteiger partial charge in [0.05, 0.1) is 26.6 Å². The predicted molar refractivity (Wildman–Crippen MR) is 38.5 cm³/mol. The topological polar surface area (TPSA) is 21.7 Å². The molecule has 0 radical (unpaired) electrons. The van der Waals surface area contributed by atoms with E-state index in [-0.39, 0.29) is 0 Å². The van der Waals surface area contributed by atoms with E-state index in [0.29, 0.717) is 0 Å². The molecule has 0 N–H and O–H groups in total. The van der Waals surface area contributed by atoms with Crippen molar-refractivity contribution >= 4 is 0 Å². The lowest BCUT2D eigenvalue weighted by Gasteiger charge is -2.24. The third-order valence-electron chi connectivity index (χ3n) is 1.45. The first-order valence-electron chi connectivity index (χ1n) is 3.45. The maximum Gasteiger partial charge on any atom is 0.0983 e. The van der Waals surface area contributed by atoms with E-state index < -0.39 is 0 Å². The highest BCUT2D eigenvalue weighted by Crippen LogP contribution is 1.96. The monoisotopic (exact) mass is 143 g/mol. The summed E-state index contributed by atoms with van der Waals surface area (Å²) in [5.41, 5.74) is 0. The van der Waals surface area contributed by atoms with Gasteiger partial charge in [0, 0.05) is 19.3 Å². The van der Waals surface area contributed by atoms with Crippen LogP contribution < -0.4 is 0 Å². The summed E-state index contributed by atoms with van der Waals surface area (Å²) >= 11 is 0. The molecule has 0 aliphatic carbocycles. The third-order valence-corrected chi connectivity index (χ3v) is 1.45. The Balaban J connectivity index is 2.19. The Morgan fingerprint density at radius 2 is 2.10 bits per heavy atom. The molecule has 0 bridgehead atoms. The number of morpholine rings is 1. The minimum atomic E-state index is 0.827. The van der Waals surface area contributed by atoms with Crippen molar-refractivity contribution in [1.82, 2.24) is 4.90 Å². The number of hydrogen-bond donors (Lipinski definition) is 0. The molecular weight excluding hydrogens is 130 g/mol. The summed E-state index contributed by atoms with van der Waals surface area (Å²) in [6.07, 6.45) is 3.63. The Bertz CT molecular complexity index is 108. The fraction of sp³-hybridized carbons (Fsp3) is 0.714. The molecule has 58 valence electrons. The van der Waals surface area contributed by atoms with E-state index in [9.17, 15) is 0 Å². The van der Waals surface area contributed by atoms with E-state index in [1.165, 1.54) is 0 Å². The van der Waals surface area contributed by atoms with Crippen LogP contribution in [0, 0.1) is 0 Å². The molecule has 0 unspecified atom stereocenters. The Morgan fingerprint density at radius 1 is 1.40 bits per heavy atom. The zero-order valence-electron chi connectivity index (χ0n) is 6.25. The number of rotatable bonds is 2. The predicted octanol–water partition coefficient (Wildman–Crippen LogP) is 0.436. The highest BCUT2D eigenvalue weighted by Gasteiger charge is 2.04. The molecule has 1 aliphatic heterocycles. The lowest BCUT2D eigenvalue weighted by atomic mass is 10.4. The molecule has 1 aliphatic rings. The lowest BCUT2D eigenvalue weighted by Crippen LogP contribution is -2.31. The van der Waals surface area contributed by atoms with Crippen LogP contribution in [0.15, 0.2) is 12.5 Å². The van der Waals surface area contributed by atoms with Crippen molar-refractivity contribution in [2.24, 2.45) is 0 Å². The standard InChI is InChI=1S/C7H13NO2/c1-9-5-2-8-3-6-10-7-4-8/h2,5H,3-4,6-7H2,1H3/b5-2+. The Labute approximate surface area is 61.2 Å². The van der Waals surface area contributed by atoms with Gasteiger partial charge in [0.25, 0.3) is 0 Å². The fourth-order valence-corrected chi connectivity index (χ4v) is 0.873. The fourth-order valence-electron chi connectivity index (χ4n) is 0.873. The van der Waals surface area contributed by atoms with E-state index >= 15 is 0 Å². The lowest BCUT2D eigenvalue weighted by molar-refractivity contribution is 0.0582. The molecule has 10 heavy (non-hydrogen) atoms. The number of methoxy groups -OCH3 is 1. The Hall–Kier alpha value is -0.700. The van der Waals surface area contributed by atoms with Gasteiger partial charge in [0.15, 0.2) is 0 Å². The van der Waals surface area contributed by atoms with E-state index in [1.807, 2.05) is 6.20 Å². The molecule has 0 saturated carbocycles. The first-order chi connectivity index (χ1) is 4.93. The largest absolute Gasteiger partial charge is 0.503 e. The highest BCUT2D eigenvalue weighted by atomic mass is 16.5. The molecule has 0 aromatic heterocycles. The maximum atomic E-state index is 5.16. The van der Waals surface area contributed by atoms with Gasteiger partial charge < -0.3 is 14.4 Å². The second-order valence-electron chi connectivity index (χ2n) is 2.17. The van der Waals surface area contributed by atoms with Crippen LogP contribution in [0.3, 0.4) is 0 Å². The molecule has 0 spiro atoms. The van der Waals surface area contributed by atoms with Crippen molar-refractivity contribution in [2.45, 2.75) is 0 Å². The molecule has 3 heteroatoms. The van der Waals surface area contributed by atoms with Gasteiger partial charge in [-0.05, 0) is 0 Å². The van der Waals surface area contributed by atoms with Crippen molar-refractivity contribution in [3.63, 3.8) is 0 Å². The van der Waals surface area contributed by atoms with Gasteiger partial charge in [-0.25, -0.2) is 0 Å². The second kappa shape index (κ2) is 4.17. The summed E-state index contributed by atoms with van der Waals surface area (Å²) in [7, 11) is 1.65. The molecule has 1 saturated heterocycles. The van der Waals surface area contributed by atoms with E-state index in [0.717, 1.165) is 26.3 Å². The third kappa shape index (κ3) is 2.27. The zero-order chi connectivity index (χ0) is 7.23. The number of hydrogen-bond acceptors (Lipinski definition) is 3. The minimum Gasteiger partial charge on any atom is -0.503 e. The smallest absolute Gasteiger partial charge is 0.0983 e. The first-order valence-corrected chi connectivity index (χ1v) is 3.45. The molecule has 0 aromatic rings. The molecule has 1 heterocycles. The van der Waals surface area contributed by atoms with Crippen LogP contribution in [0.25, 0.3) is 0 Å². The van der Waals surface area contributed by atoms with Gasteiger partial charge in [-0.3, -0.25) is 0 Å². The van der Waals surface area contributed by atoms with Gasteiger partial charge in [0.2, 0.25) is 0 Å². The summed E-state index contributed by atoms with van der Waals surface area (Å²) < 4.78 is 9.94. The summed E-state index contributed by atoms with van der Waals surface area (Å²) in [6, 6.07) is 0. The first kappa shape index (κ1) is 7.41. The van der Waals surface area contributed by atoms with E-state index in [2.05, 4.69) is 4.90 Å². The average molecular weight is 143 g/mol. The quantitative estimate of drug-likeness (QED) is 0.523. The molecule has 0 aromatic carbocycles. The molecule has 0 amide bonds. The highest BCUT2D eigenvalue weighted by molar-refractivity contribution is 4.76. The van der Waals surface area contributed by atoms with Crippen molar-refractivity contribution in [2.75, 3.05) is 33.4 Å². The molecule has 1 rings (SSSR count).